The highest BCUT2D eigenvalue weighted by Gasteiger charge is 2.29. The van der Waals surface area contributed by atoms with E-state index >= 15 is 0 Å². The molecule has 8 heteroatoms. The summed E-state index contributed by atoms with van der Waals surface area (Å²) in [5.41, 5.74) is 0. The summed E-state index contributed by atoms with van der Waals surface area (Å²) in [4.78, 5) is 1.37. The van der Waals surface area contributed by atoms with Gasteiger partial charge in [-0.25, -0.2) is 13.1 Å². The molecule has 1 fully saturated rings. The SMILES string of the molecule is CNCc1cc(S(=O)(=O)NC2CCC(SC)C2)c(Br)s1. The van der Waals surface area contributed by atoms with Crippen molar-refractivity contribution in [2.24, 2.45) is 0 Å². The zero-order chi connectivity index (χ0) is 14.8. The summed E-state index contributed by atoms with van der Waals surface area (Å²) >= 11 is 6.65. The van der Waals surface area contributed by atoms with E-state index in [-0.39, 0.29) is 6.04 Å². The Morgan fingerprint density at radius 3 is 2.85 bits per heavy atom. The Labute approximate surface area is 137 Å². The first kappa shape index (κ1) is 16.8. The molecule has 1 heterocycles. The maximum Gasteiger partial charge on any atom is 0.242 e. The standard InChI is InChI=1S/C12H19BrN2O2S3/c1-14-7-10-6-11(12(13)19-10)20(16,17)15-8-3-4-9(5-8)18-2/h6,8-9,14-15H,3-5,7H2,1-2H3. The van der Waals surface area contributed by atoms with Crippen LogP contribution in [0.5, 0.6) is 0 Å². The number of thiophene rings is 1. The van der Waals surface area contributed by atoms with Gasteiger partial charge in [-0.05, 0) is 54.6 Å². The van der Waals surface area contributed by atoms with Crippen molar-refractivity contribution in [3.63, 3.8) is 0 Å². The highest BCUT2D eigenvalue weighted by atomic mass is 79.9. The second kappa shape index (κ2) is 7.11. The molecule has 1 aromatic rings. The molecule has 0 radical (unpaired) electrons. The highest BCUT2D eigenvalue weighted by molar-refractivity contribution is 9.11. The molecule has 1 aliphatic carbocycles. The van der Waals surface area contributed by atoms with E-state index in [9.17, 15) is 8.42 Å². The Kier molecular flexibility index (Phi) is 5.96. The predicted molar refractivity (Wildman–Crippen MR) is 90.0 cm³/mol. The van der Waals surface area contributed by atoms with Gasteiger partial charge in [-0.15, -0.1) is 11.3 Å². The van der Waals surface area contributed by atoms with E-state index in [4.69, 9.17) is 0 Å². The van der Waals surface area contributed by atoms with E-state index in [1.807, 2.05) is 18.8 Å². The van der Waals surface area contributed by atoms with Gasteiger partial charge in [0, 0.05) is 22.7 Å². The van der Waals surface area contributed by atoms with Gasteiger partial charge in [-0.2, -0.15) is 11.8 Å². The van der Waals surface area contributed by atoms with Crippen LogP contribution in [0.4, 0.5) is 0 Å². The molecule has 1 aromatic heterocycles. The van der Waals surface area contributed by atoms with E-state index in [1.54, 1.807) is 6.07 Å². The molecule has 0 aromatic carbocycles. The van der Waals surface area contributed by atoms with Crippen molar-refractivity contribution in [3.05, 3.63) is 14.7 Å². The Morgan fingerprint density at radius 1 is 1.50 bits per heavy atom. The molecule has 0 bridgehead atoms. The van der Waals surface area contributed by atoms with Gasteiger partial charge >= 0.3 is 0 Å². The molecule has 2 N–H and O–H groups in total. The Bertz CT molecular complexity index is 559. The van der Waals surface area contributed by atoms with Gasteiger partial charge in [0.2, 0.25) is 10.0 Å². The van der Waals surface area contributed by atoms with Crippen molar-refractivity contribution in [1.29, 1.82) is 0 Å². The monoisotopic (exact) mass is 398 g/mol. The molecule has 1 aliphatic rings. The van der Waals surface area contributed by atoms with Crippen molar-refractivity contribution in [1.82, 2.24) is 10.0 Å². The minimum absolute atomic E-state index is 0.0667. The first-order valence-corrected chi connectivity index (χ1v) is 10.8. The Balaban J connectivity index is 2.10. The van der Waals surface area contributed by atoms with Crippen LogP contribution in [0.3, 0.4) is 0 Å². The average molecular weight is 399 g/mol. The normalized spacial score (nSPS) is 23.4. The van der Waals surface area contributed by atoms with Gasteiger partial charge in [0.25, 0.3) is 0 Å². The number of hydrogen-bond acceptors (Lipinski definition) is 5. The Morgan fingerprint density at radius 2 is 2.25 bits per heavy atom. The fourth-order valence-electron chi connectivity index (χ4n) is 2.39. The molecule has 2 atom stereocenters. The summed E-state index contributed by atoms with van der Waals surface area (Å²) in [6.07, 6.45) is 5.02. The van der Waals surface area contributed by atoms with Crippen LogP contribution in [0.2, 0.25) is 0 Å². The predicted octanol–water partition coefficient (Wildman–Crippen LogP) is 2.79. The summed E-state index contributed by atoms with van der Waals surface area (Å²) < 4.78 is 28.4. The van der Waals surface area contributed by atoms with Gasteiger partial charge in [0.1, 0.15) is 4.90 Å². The Hall–Kier alpha value is 0.400. The molecule has 0 saturated heterocycles. The maximum atomic E-state index is 12.5. The van der Waals surface area contributed by atoms with Crippen molar-refractivity contribution in [2.75, 3.05) is 13.3 Å². The van der Waals surface area contributed by atoms with Gasteiger partial charge in [-0.3, -0.25) is 0 Å². The minimum Gasteiger partial charge on any atom is -0.315 e. The van der Waals surface area contributed by atoms with E-state index in [0.29, 0.717) is 20.5 Å². The molecule has 20 heavy (non-hydrogen) atoms. The number of thioether (sulfide) groups is 1. The lowest BCUT2D eigenvalue weighted by Gasteiger charge is -2.12. The molecular weight excluding hydrogens is 380 g/mol. The molecule has 4 nitrogen and oxygen atoms in total. The van der Waals surface area contributed by atoms with E-state index in [1.165, 1.54) is 11.3 Å². The van der Waals surface area contributed by atoms with E-state index in [0.717, 1.165) is 24.1 Å². The number of sulfonamides is 1. The molecule has 0 spiro atoms. The van der Waals surface area contributed by atoms with Gasteiger partial charge in [-0.1, -0.05) is 0 Å². The minimum atomic E-state index is -3.43. The highest BCUT2D eigenvalue weighted by Crippen LogP contribution is 2.33. The fraction of sp³-hybridized carbons (Fsp3) is 0.667. The molecular formula is C12H19BrN2O2S3. The van der Waals surface area contributed by atoms with E-state index < -0.39 is 10.0 Å². The molecule has 0 amide bonds. The largest absolute Gasteiger partial charge is 0.315 e. The maximum absolute atomic E-state index is 12.5. The van der Waals surface area contributed by atoms with Crippen molar-refractivity contribution >= 4 is 49.1 Å². The summed E-state index contributed by atoms with van der Waals surface area (Å²) in [5, 5.41) is 3.61. The lowest BCUT2D eigenvalue weighted by Crippen LogP contribution is -2.33. The lowest BCUT2D eigenvalue weighted by molar-refractivity contribution is 0.552. The van der Waals surface area contributed by atoms with Gasteiger partial charge in [0.15, 0.2) is 0 Å². The summed E-state index contributed by atoms with van der Waals surface area (Å²) in [6, 6.07) is 1.81. The summed E-state index contributed by atoms with van der Waals surface area (Å²) in [7, 11) is -1.58. The summed E-state index contributed by atoms with van der Waals surface area (Å²) in [5.74, 6) is 0. The van der Waals surface area contributed by atoms with Crippen LogP contribution in [0, 0.1) is 0 Å². The van der Waals surface area contributed by atoms with Crippen LogP contribution in [0.25, 0.3) is 0 Å². The fourth-order valence-corrected chi connectivity index (χ4v) is 7.16. The van der Waals surface area contributed by atoms with Crippen molar-refractivity contribution in [3.8, 4) is 0 Å². The lowest BCUT2D eigenvalue weighted by atomic mass is 10.3. The number of rotatable bonds is 6. The third-order valence-electron chi connectivity index (χ3n) is 3.39. The van der Waals surface area contributed by atoms with E-state index in [2.05, 4.69) is 32.2 Å². The topological polar surface area (TPSA) is 58.2 Å². The molecule has 1 saturated carbocycles. The molecule has 2 unspecified atom stereocenters. The third kappa shape index (κ3) is 3.98. The number of hydrogen-bond donors (Lipinski definition) is 2. The second-order valence-corrected chi connectivity index (χ2v) is 10.1. The van der Waals surface area contributed by atoms with Crippen molar-refractivity contribution < 1.29 is 8.42 Å². The quantitative estimate of drug-likeness (QED) is 0.773. The average Bonchev–Trinajstić information content (AvgIpc) is 2.96. The van der Waals surface area contributed by atoms with Crippen LogP contribution in [0.1, 0.15) is 24.1 Å². The first-order valence-electron chi connectivity index (χ1n) is 6.44. The summed E-state index contributed by atoms with van der Waals surface area (Å²) in [6.45, 7) is 0.677. The van der Waals surface area contributed by atoms with Crippen LogP contribution in [-0.2, 0) is 16.6 Å². The molecule has 2 rings (SSSR count). The zero-order valence-corrected chi connectivity index (χ0v) is 15.5. The van der Waals surface area contributed by atoms with Crippen LogP contribution >= 0.6 is 39.0 Å². The smallest absolute Gasteiger partial charge is 0.242 e. The number of nitrogens with one attached hydrogen (secondary N) is 2. The van der Waals surface area contributed by atoms with Crippen LogP contribution < -0.4 is 10.0 Å². The third-order valence-corrected chi connectivity index (χ3v) is 8.25. The zero-order valence-electron chi connectivity index (χ0n) is 11.5. The molecule has 0 aliphatic heterocycles. The van der Waals surface area contributed by atoms with Gasteiger partial charge in [0.05, 0.1) is 3.79 Å². The van der Waals surface area contributed by atoms with Crippen molar-refractivity contribution in [2.45, 2.75) is 42.0 Å². The van der Waals surface area contributed by atoms with Crippen LogP contribution in [-0.4, -0.2) is 33.0 Å². The van der Waals surface area contributed by atoms with Crippen LogP contribution in [0.15, 0.2) is 14.7 Å². The van der Waals surface area contributed by atoms with Gasteiger partial charge < -0.3 is 5.32 Å². The number of halogens is 1. The molecule has 114 valence electrons. The second-order valence-electron chi connectivity index (χ2n) is 4.87. The first-order chi connectivity index (χ1) is 9.46.